The fraction of sp³-hybridized carbons (Fsp3) is 0.765. The van der Waals surface area contributed by atoms with Crippen LogP contribution in [0.4, 0.5) is 4.39 Å². The molecule has 0 spiro atoms. The molecule has 0 bridgehead atoms. The van der Waals surface area contributed by atoms with Crippen LogP contribution >= 0.6 is 0 Å². The van der Waals surface area contributed by atoms with Crippen LogP contribution in [0.1, 0.15) is 68.7 Å². The second-order valence-corrected chi connectivity index (χ2v) is 4.84. The van der Waals surface area contributed by atoms with Crippen LogP contribution in [0.15, 0.2) is 24.3 Å². The lowest BCUT2D eigenvalue weighted by Gasteiger charge is -2.21. The molecule has 0 nitrogen and oxygen atoms in total. The Morgan fingerprint density at radius 1 is 1.00 bits per heavy atom. The zero-order valence-electron chi connectivity index (χ0n) is 14.0. The molecule has 0 aromatic carbocycles. The first-order valence-electron chi connectivity index (χ1n) is 7.33. The number of allylic oxidation sites excluding steroid dienone is 4. The molecule has 0 saturated carbocycles. The van der Waals surface area contributed by atoms with Crippen molar-refractivity contribution < 1.29 is 4.39 Å². The van der Waals surface area contributed by atoms with E-state index < -0.39 is 6.17 Å². The SMILES string of the molecule is C/C=C\C(C)(C)CC(F)/C=C\C(C)C.CC.CC. The third-order valence-electron chi connectivity index (χ3n) is 2.04. The molecule has 0 saturated heterocycles. The molecule has 1 heteroatoms. The lowest BCUT2D eigenvalue weighted by Crippen LogP contribution is -2.13. The summed E-state index contributed by atoms with van der Waals surface area (Å²) in [7, 11) is 0. The Kier molecular flexibility index (Phi) is 18.2. The zero-order valence-corrected chi connectivity index (χ0v) is 14.0. The Morgan fingerprint density at radius 2 is 1.44 bits per heavy atom. The molecule has 0 aliphatic rings. The first-order chi connectivity index (χ1) is 8.37. The standard InChI is InChI=1S/C13H23F.2C2H6/c1-6-9-13(4,5)10-12(14)8-7-11(2)3;2*1-2/h6-9,11-12H,10H2,1-5H3;2*1-2H3/b8-7-,9-6-;;. The predicted molar refractivity (Wildman–Crippen MR) is 84.8 cm³/mol. The van der Waals surface area contributed by atoms with Crippen molar-refractivity contribution in [1.29, 1.82) is 0 Å². The molecule has 1 unspecified atom stereocenters. The molecule has 18 heavy (non-hydrogen) atoms. The van der Waals surface area contributed by atoms with E-state index in [1.165, 1.54) is 0 Å². The summed E-state index contributed by atoms with van der Waals surface area (Å²) >= 11 is 0. The topological polar surface area (TPSA) is 0 Å². The quantitative estimate of drug-likeness (QED) is 0.488. The Hall–Kier alpha value is -0.590. The van der Waals surface area contributed by atoms with Crippen LogP contribution < -0.4 is 0 Å². The van der Waals surface area contributed by atoms with E-state index in [4.69, 9.17) is 0 Å². The van der Waals surface area contributed by atoms with Crippen molar-refractivity contribution in [1.82, 2.24) is 0 Å². The Balaban J connectivity index is -0.000000506. The van der Waals surface area contributed by atoms with E-state index in [-0.39, 0.29) is 5.41 Å². The van der Waals surface area contributed by atoms with E-state index in [0.29, 0.717) is 12.3 Å². The normalized spacial score (nSPS) is 13.1. The number of hydrogen-bond donors (Lipinski definition) is 0. The minimum absolute atomic E-state index is 0.0461. The lowest BCUT2D eigenvalue weighted by atomic mass is 9.86. The Morgan fingerprint density at radius 3 is 1.78 bits per heavy atom. The van der Waals surface area contributed by atoms with Crippen molar-refractivity contribution in [3.63, 3.8) is 0 Å². The molecule has 0 N–H and O–H groups in total. The first kappa shape index (κ1) is 22.6. The highest BCUT2D eigenvalue weighted by Crippen LogP contribution is 2.26. The van der Waals surface area contributed by atoms with Gasteiger partial charge in [-0.25, -0.2) is 4.39 Å². The zero-order chi connectivity index (χ0) is 15.2. The summed E-state index contributed by atoms with van der Waals surface area (Å²) in [4.78, 5) is 0. The number of rotatable bonds is 5. The van der Waals surface area contributed by atoms with Gasteiger partial charge in [0.1, 0.15) is 6.17 Å². The maximum Gasteiger partial charge on any atom is 0.119 e. The maximum absolute atomic E-state index is 13.5. The van der Waals surface area contributed by atoms with Gasteiger partial charge in [-0.3, -0.25) is 0 Å². The highest BCUT2D eigenvalue weighted by Gasteiger charge is 2.18. The van der Waals surface area contributed by atoms with Crippen LogP contribution in [0.3, 0.4) is 0 Å². The third-order valence-corrected chi connectivity index (χ3v) is 2.04. The van der Waals surface area contributed by atoms with Gasteiger partial charge in [0.15, 0.2) is 0 Å². The highest BCUT2D eigenvalue weighted by molar-refractivity contribution is 4.99. The lowest BCUT2D eigenvalue weighted by molar-refractivity contribution is 0.289. The van der Waals surface area contributed by atoms with E-state index in [2.05, 4.69) is 33.8 Å². The van der Waals surface area contributed by atoms with Gasteiger partial charge >= 0.3 is 0 Å². The summed E-state index contributed by atoms with van der Waals surface area (Å²) in [5.74, 6) is 0.429. The molecule has 1 atom stereocenters. The van der Waals surface area contributed by atoms with Crippen LogP contribution in [0.25, 0.3) is 0 Å². The van der Waals surface area contributed by atoms with Gasteiger partial charge in [-0.1, -0.05) is 79.7 Å². The van der Waals surface area contributed by atoms with Crippen LogP contribution in [-0.2, 0) is 0 Å². The number of halogens is 1. The van der Waals surface area contributed by atoms with Crippen molar-refractivity contribution in [2.75, 3.05) is 0 Å². The molecule has 0 aromatic heterocycles. The summed E-state index contributed by atoms with van der Waals surface area (Å²) in [6, 6.07) is 0. The Labute approximate surface area is 115 Å². The van der Waals surface area contributed by atoms with E-state index >= 15 is 0 Å². The van der Waals surface area contributed by atoms with Crippen LogP contribution in [0.5, 0.6) is 0 Å². The molecule has 0 rings (SSSR count). The van der Waals surface area contributed by atoms with Crippen LogP contribution in [0, 0.1) is 11.3 Å². The molecular formula is C17H35F. The second kappa shape index (κ2) is 14.5. The molecule has 0 amide bonds. The second-order valence-electron chi connectivity index (χ2n) is 4.84. The van der Waals surface area contributed by atoms with Gasteiger partial charge in [0.05, 0.1) is 0 Å². The highest BCUT2D eigenvalue weighted by atomic mass is 19.1. The molecule has 0 fully saturated rings. The van der Waals surface area contributed by atoms with Crippen molar-refractivity contribution in [3.8, 4) is 0 Å². The smallest absolute Gasteiger partial charge is 0.119 e. The van der Waals surface area contributed by atoms with Crippen LogP contribution in [-0.4, -0.2) is 6.17 Å². The van der Waals surface area contributed by atoms with Gasteiger partial charge in [-0.15, -0.1) is 0 Å². The Bertz CT molecular complexity index is 200. The summed E-state index contributed by atoms with van der Waals surface area (Å²) in [5.41, 5.74) is -0.0461. The fourth-order valence-corrected chi connectivity index (χ4v) is 1.43. The minimum Gasteiger partial charge on any atom is -0.243 e. The predicted octanol–water partition coefficient (Wildman–Crippen LogP) is 6.58. The molecule has 0 aromatic rings. The number of alkyl halides is 1. The van der Waals surface area contributed by atoms with Gasteiger partial charge < -0.3 is 0 Å². The van der Waals surface area contributed by atoms with E-state index in [1.54, 1.807) is 6.08 Å². The molecule has 110 valence electrons. The van der Waals surface area contributed by atoms with Gasteiger partial charge in [0.2, 0.25) is 0 Å². The summed E-state index contributed by atoms with van der Waals surface area (Å²) in [6.07, 6.45) is 7.37. The molecule has 0 aliphatic carbocycles. The maximum atomic E-state index is 13.5. The largest absolute Gasteiger partial charge is 0.243 e. The summed E-state index contributed by atoms with van der Waals surface area (Å²) in [5, 5.41) is 0. The molecule has 0 radical (unpaired) electrons. The van der Waals surface area contributed by atoms with Crippen molar-refractivity contribution in [3.05, 3.63) is 24.3 Å². The minimum atomic E-state index is -0.830. The average molecular weight is 258 g/mol. The third kappa shape index (κ3) is 17.8. The van der Waals surface area contributed by atoms with Gasteiger partial charge in [-0.05, 0) is 24.7 Å². The van der Waals surface area contributed by atoms with Gasteiger partial charge in [0, 0.05) is 0 Å². The molecule has 0 aliphatic heterocycles. The summed E-state index contributed by atoms with van der Waals surface area (Å²) < 4.78 is 13.5. The number of hydrogen-bond acceptors (Lipinski definition) is 0. The fourth-order valence-electron chi connectivity index (χ4n) is 1.43. The average Bonchev–Trinajstić information content (AvgIpc) is 2.31. The molecule has 0 heterocycles. The summed E-state index contributed by atoms with van der Waals surface area (Å²) in [6.45, 7) is 18.2. The van der Waals surface area contributed by atoms with E-state index in [9.17, 15) is 4.39 Å². The van der Waals surface area contributed by atoms with Crippen molar-refractivity contribution in [2.24, 2.45) is 11.3 Å². The van der Waals surface area contributed by atoms with Gasteiger partial charge in [-0.2, -0.15) is 0 Å². The van der Waals surface area contributed by atoms with E-state index in [1.807, 2.05) is 46.8 Å². The molecular weight excluding hydrogens is 223 g/mol. The van der Waals surface area contributed by atoms with Crippen molar-refractivity contribution >= 4 is 0 Å². The monoisotopic (exact) mass is 258 g/mol. The van der Waals surface area contributed by atoms with Gasteiger partial charge in [0.25, 0.3) is 0 Å². The van der Waals surface area contributed by atoms with E-state index in [0.717, 1.165) is 0 Å². The first-order valence-corrected chi connectivity index (χ1v) is 7.33. The van der Waals surface area contributed by atoms with Crippen LogP contribution in [0.2, 0.25) is 0 Å². The van der Waals surface area contributed by atoms with Crippen molar-refractivity contribution in [2.45, 2.75) is 74.9 Å².